The van der Waals surface area contributed by atoms with Gasteiger partial charge in [-0.05, 0) is 24.5 Å². The number of benzene rings is 1. The molecule has 2 heterocycles. The minimum absolute atomic E-state index is 0.290. The predicted octanol–water partition coefficient (Wildman–Crippen LogP) is 2.86. The molecule has 1 aliphatic heterocycles. The lowest BCUT2D eigenvalue weighted by Crippen LogP contribution is -2.36. The van der Waals surface area contributed by atoms with E-state index in [0.717, 1.165) is 25.9 Å². The number of hydrogen-bond donors (Lipinski definition) is 0. The fourth-order valence-corrected chi connectivity index (χ4v) is 3.10. The van der Waals surface area contributed by atoms with E-state index >= 15 is 0 Å². The molecular weight excluding hydrogens is 236 g/mol. The highest BCUT2D eigenvalue weighted by Gasteiger charge is 2.24. The number of amides is 1. The summed E-state index contributed by atoms with van der Waals surface area (Å²) < 4.78 is 2.25. The van der Waals surface area contributed by atoms with Crippen LogP contribution in [-0.4, -0.2) is 21.9 Å². The van der Waals surface area contributed by atoms with Crippen molar-refractivity contribution in [2.45, 2.75) is 32.7 Å². The van der Waals surface area contributed by atoms with Crippen molar-refractivity contribution in [3.05, 3.63) is 35.5 Å². The highest BCUT2D eigenvalue weighted by atomic mass is 16.2. The average Bonchev–Trinajstić information content (AvgIpc) is 2.73. The number of fused-ring (bicyclic) bond motifs is 3. The van der Waals surface area contributed by atoms with Gasteiger partial charge in [0.25, 0.3) is 0 Å². The first-order chi connectivity index (χ1) is 9.22. The first-order valence-electron chi connectivity index (χ1n) is 7.05. The van der Waals surface area contributed by atoms with Crippen molar-refractivity contribution in [1.82, 2.24) is 9.47 Å². The number of aromatic nitrogens is 1. The van der Waals surface area contributed by atoms with Crippen LogP contribution >= 0.6 is 0 Å². The molecule has 19 heavy (non-hydrogen) atoms. The summed E-state index contributed by atoms with van der Waals surface area (Å²) in [5.41, 5.74) is 4.01. The van der Waals surface area contributed by atoms with Crippen LogP contribution in [-0.2, 0) is 24.8 Å². The summed E-state index contributed by atoms with van der Waals surface area (Å²) in [5.74, 6) is 0.290. The molecule has 1 amide bonds. The van der Waals surface area contributed by atoms with Gasteiger partial charge in [-0.2, -0.15) is 0 Å². The molecule has 0 radical (unpaired) electrons. The van der Waals surface area contributed by atoms with Crippen LogP contribution in [0.25, 0.3) is 10.9 Å². The number of hydrogen-bond acceptors (Lipinski definition) is 1. The normalized spacial score (nSPS) is 14.7. The zero-order valence-electron chi connectivity index (χ0n) is 11.6. The minimum atomic E-state index is 0.290. The lowest BCUT2D eigenvalue weighted by atomic mass is 10.0. The summed E-state index contributed by atoms with van der Waals surface area (Å²) in [6.45, 7) is 3.68. The van der Waals surface area contributed by atoms with E-state index in [1.54, 1.807) is 0 Å². The Kier molecular flexibility index (Phi) is 3.05. The molecular formula is C16H20N2O. The molecule has 0 aliphatic carbocycles. The van der Waals surface area contributed by atoms with Crippen LogP contribution in [0, 0.1) is 0 Å². The number of carbonyl (C=O) groups excluding carboxylic acids is 1. The highest BCUT2D eigenvalue weighted by molar-refractivity contribution is 5.86. The van der Waals surface area contributed by atoms with Gasteiger partial charge in [-0.1, -0.05) is 25.1 Å². The quantitative estimate of drug-likeness (QED) is 0.811. The van der Waals surface area contributed by atoms with E-state index in [0.29, 0.717) is 12.3 Å². The van der Waals surface area contributed by atoms with Crippen molar-refractivity contribution in [3.8, 4) is 0 Å². The number of nitrogens with zero attached hydrogens (tertiary/aromatic N) is 2. The molecule has 0 saturated heterocycles. The van der Waals surface area contributed by atoms with E-state index in [4.69, 9.17) is 0 Å². The lowest BCUT2D eigenvalue weighted by Gasteiger charge is -2.28. The van der Waals surface area contributed by atoms with E-state index < -0.39 is 0 Å². The summed E-state index contributed by atoms with van der Waals surface area (Å²) >= 11 is 0. The number of para-hydroxylation sites is 1. The number of aryl methyl sites for hydroxylation is 1. The van der Waals surface area contributed by atoms with Crippen molar-refractivity contribution in [2.24, 2.45) is 7.05 Å². The van der Waals surface area contributed by atoms with Gasteiger partial charge in [-0.15, -0.1) is 0 Å². The molecule has 0 fully saturated rings. The fraction of sp³-hybridized carbons (Fsp3) is 0.438. The number of rotatable bonds is 2. The molecule has 3 rings (SSSR count). The monoisotopic (exact) mass is 256 g/mol. The van der Waals surface area contributed by atoms with Gasteiger partial charge in [0.2, 0.25) is 5.91 Å². The second-order valence-corrected chi connectivity index (χ2v) is 5.32. The number of carbonyl (C=O) groups is 1. The lowest BCUT2D eigenvalue weighted by molar-refractivity contribution is -0.132. The Morgan fingerprint density at radius 3 is 2.89 bits per heavy atom. The van der Waals surface area contributed by atoms with Crippen LogP contribution in [0.2, 0.25) is 0 Å². The minimum Gasteiger partial charge on any atom is -0.346 e. The molecule has 100 valence electrons. The summed E-state index contributed by atoms with van der Waals surface area (Å²) in [6, 6.07) is 8.52. The third-order valence-electron chi connectivity index (χ3n) is 4.13. The van der Waals surface area contributed by atoms with E-state index in [1.807, 2.05) is 4.90 Å². The summed E-state index contributed by atoms with van der Waals surface area (Å²) in [5, 5.41) is 1.35. The Balaban J connectivity index is 1.99. The molecule has 1 aliphatic rings. The van der Waals surface area contributed by atoms with Crippen LogP contribution in [0.4, 0.5) is 0 Å². The van der Waals surface area contributed by atoms with Gasteiger partial charge in [-0.25, -0.2) is 0 Å². The first kappa shape index (κ1) is 12.3. The van der Waals surface area contributed by atoms with E-state index in [-0.39, 0.29) is 0 Å². The molecule has 3 heteroatoms. The first-order valence-corrected chi connectivity index (χ1v) is 7.05. The molecule has 1 aromatic carbocycles. The van der Waals surface area contributed by atoms with Gasteiger partial charge in [0, 0.05) is 36.6 Å². The Hall–Kier alpha value is -1.77. The van der Waals surface area contributed by atoms with Crippen LogP contribution in [0.5, 0.6) is 0 Å². The van der Waals surface area contributed by atoms with Gasteiger partial charge < -0.3 is 9.47 Å². The van der Waals surface area contributed by atoms with E-state index in [1.165, 1.54) is 22.2 Å². The summed E-state index contributed by atoms with van der Waals surface area (Å²) in [7, 11) is 2.11. The fourth-order valence-electron chi connectivity index (χ4n) is 3.10. The van der Waals surface area contributed by atoms with Gasteiger partial charge in [0.15, 0.2) is 0 Å². The molecule has 3 nitrogen and oxygen atoms in total. The topological polar surface area (TPSA) is 25.2 Å². The van der Waals surface area contributed by atoms with E-state index in [2.05, 4.69) is 42.8 Å². The maximum absolute atomic E-state index is 12.1. The molecule has 0 spiro atoms. The molecule has 1 aromatic heterocycles. The standard InChI is InChI=1S/C16H20N2O/c1-3-6-16(19)18-10-9-13-12-7-4-5-8-14(12)17(2)15(13)11-18/h4-5,7-8H,3,6,9-11H2,1-2H3. The van der Waals surface area contributed by atoms with Crippen molar-refractivity contribution in [1.29, 1.82) is 0 Å². The van der Waals surface area contributed by atoms with Crippen LogP contribution in [0.3, 0.4) is 0 Å². The van der Waals surface area contributed by atoms with Crippen molar-refractivity contribution >= 4 is 16.8 Å². The van der Waals surface area contributed by atoms with E-state index in [9.17, 15) is 4.79 Å². The molecule has 0 bridgehead atoms. The van der Waals surface area contributed by atoms with Crippen molar-refractivity contribution in [2.75, 3.05) is 6.54 Å². The largest absolute Gasteiger partial charge is 0.346 e. The Morgan fingerprint density at radius 1 is 1.32 bits per heavy atom. The average molecular weight is 256 g/mol. The molecule has 0 saturated carbocycles. The predicted molar refractivity (Wildman–Crippen MR) is 76.9 cm³/mol. The smallest absolute Gasteiger partial charge is 0.222 e. The maximum atomic E-state index is 12.1. The molecule has 0 unspecified atom stereocenters. The summed E-state index contributed by atoms with van der Waals surface area (Å²) in [4.78, 5) is 14.1. The van der Waals surface area contributed by atoms with Crippen molar-refractivity contribution < 1.29 is 4.79 Å². The second kappa shape index (κ2) is 4.72. The Bertz CT molecular complexity index is 627. The molecule has 0 N–H and O–H groups in total. The van der Waals surface area contributed by atoms with Gasteiger partial charge in [0.05, 0.1) is 6.54 Å². The van der Waals surface area contributed by atoms with Crippen LogP contribution in [0.15, 0.2) is 24.3 Å². The molecule has 2 aromatic rings. The van der Waals surface area contributed by atoms with Gasteiger partial charge in [-0.3, -0.25) is 4.79 Å². The Morgan fingerprint density at radius 2 is 2.11 bits per heavy atom. The third-order valence-corrected chi connectivity index (χ3v) is 4.13. The Labute approximate surface area is 113 Å². The maximum Gasteiger partial charge on any atom is 0.222 e. The SMILES string of the molecule is CCCC(=O)N1CCc2c(n(C)c3ccccc23)C1. The van der Waals surface area contributed by atoms with Gasteiger partial charge >= 0.3 is 0 Å². The highest BCUT2D eigenvalue weighted by Crippen LogP contribution is 2.30. The van der Waals surface area contributed by atoms with Crippen LogP contribution < -0.4 is 0 Å². The van der Waals surface area contributed by atoms with Crippen LogP contribution in [0.1, 0.15) is 31.0 Å². The van der Waals surface area contributed by atoms with Gasteiger partial charge in [0.1, 0.15) is 0 Å². The zero-order valence-corrected chi connectivity index (χ0v) is 11.6. The molecule has 0 atom stereocenters. The van der Waals surface area contributed by atoms with Crippen molar-refractivity contribution in [3.63, 3.8) is 0 Å². The zero-order chi connectivity index (χ0) is 13.4. The third kappa shape index (κ3) is 1.93. The second-order valence-electron chi connectivity index (χ2n) is 5.32. The summed E-state index contributed by atoms with van der Waals surface area (Å²) in [6.07, 6.45) is 2.57.